The predicted molar refractivity (Wildman–Crippen MR) is 134 cm³/mol. The van der Waals surface area contributed by atoms with Gasteiger partial charge in [-0.15, -0.1) is 0 Å². The molecule has 0 saturated carbocycles. The lowest BCUT2D eigenvalue weighted by Crippen LogP contribution is -2.40. The fraction of sp³-hybridized carbons (Fsp3) is 0.240. The minimum absolute atomic E-state index is 0.0517. The average molecular weight is 497 g/mol. The molecule has 0 aliphatic rings. The first-order valence-electron chi connectivity index (χ1n) is 11.2. The third-order valence-corrected chi connectivity index (χ3v) is 6.42. The van der Waals surface area contributed by atoms with Crippen molar-refractivity contribution in [2.45, 2.75) is 25.2 Å². The van der Waals surface area contributed by atoms with Crippen molar-refractivity contribution in [3.05, 3.63) is 78.5 Å². The molecule has 3 rings (SSSR count). The number of hydrogen-bond acceptors (Lipinski definition) is 7. The zero-order valence-corrected chi connectivity index (χ0v) is 20.4. The van der Waals surface area contributed by atoms with Gasteiger partial charge < -0.3 is 9.47 Å². The molecule has 10 heteroatoms. The van der Waals surface area contributed by atoms with Crippen LogP contribution in [0.15, 0.2) is 82.9 Å². The van der Waals surface area contributed by atoms with Crippen molar-refractivity contribution in [2.24, 2.45) is 5.10 Å². The van der Waals surface area contributed by atoms with Crippen LogP contribution in [0.4, 0.5) is 5.82 Å². The van der Waals surface area contributed by atoms with E-state index in [4.69, 9.17) is 9.47 Å². The fourth-order valence-corrected chi connectivity index (χ4v) is 4.46. The van der Waals surface area contributed by atoms with Gasteiger partial charge in [0.15, 0.2) is 11.5 Å². The third kappa shape index (κ3) is 7.03. The van der Waals surface area contributed by atoms with Crippen LogP contribution in [0.25, 0.3) is 0 Å². The first kappa shape index (κ1) is 25.7. The number of hydrazone groups is 1. The van der Waals surface area contributed by atoms with E-state index >= 15 is 0 Å². The van der Waals surface area contributed by atoms with Crippen LogP contribution in [0.2, 0.25) is 0 Å². The first-order valence-corrected chi connectivity index (χ1v) is 12.6. The molecule has 0 radical (unpaired) electrons. The van der Waals surface area contributed by atoms with Crippen molar-refractivity contribution < 1.29 is 22.7 Å². The molecule has 0 spiro atoms. The normalized spacial score (nSPS) is 11.3. The van der Waals surface area contributed by atoms with E-state index in [9.17, 15) is 13.2 Å². The van der Waals surface area contributed by atoms with Crippen LogP contribution in [0.5, 0.6) is 11.5 Å². The molecule has 0 atom stereocenters. The van der Waals surface area contributed by atoms with E-state index < -0.39 is 22.5 Å². The topological polar surface area (TPSA) is 110 Å². The summed E-state index contributed by atoms with van der Waals surface area (Å²) >= 11 is 0. The first-order chi connectivity index (χ1) is 17.0. The molecule has 184 valence electrons. The highest BCUT2D eigenvalue weighted by Crippen LogP contribution is 2.28. The second-order valence-corrected chi connectivity index (χ2v) is 9.16. The fourth-order valence-electron chi connectivity index (χ4n) is 3.06. The Kier molecular flexibility index (Phi) is 9.19. The van der Waals surface area contributed by atoms with E-state index in [2.05, 4.69) is 15.5 Å². The number of anilines is 1. The summed E-state index contributed by atoms with van der Waals surface area (Å²) in [5.41, 5.74) is 3.06. The van der Waals surface area contributed by atoms with Gasteiger partial charge in [-0.25, -0.2) is 23.1 Å². The van der Waals surface area contributed by atoms with Gasteiger partial charge >= 0.3 is 0 Å². The zero-order chi connectivity index (χ0) is 25.1. The van der Waals surface area contributed by atoms with Gasteiger partial charge in [0.2, 0.25) is 0 Å². The molecule has 1 aromatic heterocycles. The summed E-state index contributed by atoms with van der Waals surface area (Å²) in [5, 5.41) is 3.97. The van der Waals surface area contributed by atoms with E-state index in [1.54, 1.807) is 48.5 Å². The predicted octanol–water partition coefficient (Wildman–Crippen LogP) is 3.61. The Hall–Kier alpha value is -3.92. The summed E-state index contributed by atoms with van der Waals surface area (Å²) in [7, 11) is -4.02. The number of nitrogens with zero attached hydrogens (tertiary/aromatic N) is 3. The van der Waals surface area contributed by atoms with Gasteiger partial charge in [0, 0.05) is 6.20 Å². The van der Waals surface area contributed by atoms with E-state index in [1.807, 2.05) is 13.8 Å². The number of pyridine rings is 1. The highest BCUT2D eigenvalue weighted by atomic mass is 32.2. The Balaban J connectivity index is 1.74. The maximum absolute atomic E-state index is 13.2. The van der Waals surface area contributed by atoms with E-state index in [-0.39, 0.29) is 10.7 Å². The SMILES string of the molecule is CCCOc1ccc(/C=N\NC(=O)CN(c2ccccn2)S(=O)(=O)c2ccccc2)cc1OCC. The minimum atomic E-state index is -4.02. The molecule has 0 aliphatic carbocycles. The number of carbonyl (C=O) groups excluding carboxylic acids is 1. The Morgan fingerprint density at radius 3 is 2.49 bits per heavy atom. The second-order valence-electron chi connectivity index (χ2n) is 7.29. The molecule has 9 nitrogen and oxygen atoms in total. The molecule has 0 saturated heterocycles. The van der Waals surface area contributed by atoms with Crippen LogP contribution in [-0.4, -0.2) is 45.3 Å². The standard InChI is InChI=1S/C25H28N4O5S/c1-3-16-34-22-14-13-20(17-23(22)33-4-2)18-27-28-25(30)19-29(24-12-8-9-15-26-24)35(31,32)21-10-6-5-7-11-21/h5-15,17-18H,3-4,16,19H2,1-2H3,(H,28,30)/b27-18-. The second kappa shape index (κ2) is 12.5. The molecule has 0 fully saturated rings. The van der Waals surface area contributed by atoms with E-state index in [0.717, 1.165) is 10.7 Å². The molecule has 1 amide bonds. The van der Waals surface area contributed by atoms with E-state index in [0.29, 0.717) is 30.3 Å². The van der Waals surface area contributed by atoms with Gasteiger partial charge in [-0.1, -0.05) is 31.2 Å². The van der Waals surface area contributed by atoms with Gasteiger partial charge in [-0.2, -0.15) is 5.10 Å². The van der Waals surface area contributed by atoms with Crippen molar-refractivity contribution in [1.29, 1.82) is 0 Å². The molecule has 3 aromatic rings. The van der Waals surface area contributed by atoms with Crippen LogP contribution in [0.3, 0.4) is 0 Å². The van der Waals surface area contributed by atoms with Crippen LogP contribution < -0.4 is 19.2 Å². The summed E-state index contributed by atoms with van der Waals surface area (Å²) in [5.74, 6) is 0.706. The van der Waals surface area contributed by atoms with Gasteiger partial charge in [-0.05, 0) is 61.4 Å². The Morgan fingerprint density at radius 2 is 1.80 bits per heavy atom. The Labute approximate surface area is 205 Å². The summed E-state index contributed by atoms with van der Waals surface area (Å²) < 4.78 is 38.7. The summed E-state index contributed by atoms with van der Waals surface area (Å²) in [4.78, 5) is 16.8. The molecular weight excluding hydrogens is 468 g/mol. The van der Waals surface area contributed by atoms with Crippen molar-refractivity contribution in [2.75, 3.05) is 24.1 Å². The van der Waals surface area contributed by atoms with E-state index in [1.165, 1.54) is 30.6 Å². The number of sulfonamides is 1. The van der Waals surface area contributed by atoms with Gasteiger partial charge in [0.1, 0.15) is 12.4 Å². The molecule has 2 aromatic carbocycles. The Bertz CT molecular complexity index is 1240. The molecule has 35 heavy (non-hydrogen) atoms. The highest BCUT2D eigenvalue weighted by molar-refractivity contribution is 7.92. The number of aromatic nitrogens is 1. The van der Waals surface area contributed by atoms with Crippen LogP contribution in [-0.2, 0) is 14.8 Å². The quantitative estimate of drug-likeness (QED) is 0.303. The molecule has 1 heterocycles. The van der Waals surface area contributed by atoms with Gasteiger partial charge in [0.05, 0.1) is 24.3 Å². The number of hydrogen-bond donors (Lipinski definition) is 1. The molecule has 1 N–H and O–H groups in total. The van der Waals surface area contributed by atoms with Gasteiger partial charge in [0.25, 0.3) is 15.9 Å². The lowest BCUT2D eigenvalue weighted by atomic mass is 10.2. The third-order valence-electron chi connectivity index (χ3n) is 4.66. The average Bonchev–Trinajstić information content (AvgIpc) is 2.88. The Morgan fingerprint density at radius 1 is 1.03 bits per heavy atom. The van der Waals surface area contributed by atoms with Crippen LogP contribution in [0.1, 0.15) is 25.8 Å². The number of carbonyl (C=O) groups is 1. The highest BCUT2D eigenvalue weighted by Gasteiger charge is 2.27. The monoisotopic (exact) mass is 496 g/mol. The summed E-state index contributed by atoms with van der Waals surface area (Å²) in [6, 6.07) is 18.0. The van der Waals surface area contributed by atoms with Crippen molar-refractivity contribution >= 4 is 28.0 Å². The molecule has 0 bridgehead atoms. The smallest absolute Gasteiger partial charge is 0.265 e. The number of amides is 1. The van der Waals surface area contributed by atoms with Crippen LogP contribution in [0, 0.1) is 0 Å². The molecule has 0 unspecified atom stereocenters. The van der Waals surface area contributed by atoms with Crippen molar-refractivity contribution in [3.8, 4) is 11.5 Å². The van der Waals surface area contributed by atoms with Gasteiger partial charge in [-0.3, -0.25) is 4.79 Å². The summed E-state index contributed by atoms with van der Waals surface area (Å²) in [6.45, 7) is 4.44. The molecular formula is C25H28N4O5S. The van der Waals surface area contributed by atoms with Crippen molar-refractivity contribution in [1.82, 2.24) is 10.4 Å². The minimum Gasteiger partial charge on any atom is -0.490 e. The maximum Gasteiger partial charge on any atom is 0.265 e. The lowest BCUT2D eigenvalue weighted by Gasteiger charge is -2.22. The number of nitrogens with one attached hydrogen (secondary N) is 1. The van der Waals surface area contributed by atoms with Crippen molar-refractivity contribution in [3.63, 3.8) is 0 Å². The summed E-state index contributed by atoms with van der Waals surface area (Å²) in [6.07, 6.45) is 3.78. The number of rotatable bonds is 12. The zero-order valence-electron chi connectivity index (χ0n) is 19.6. The number of ether oxygens (including phenoxy) is 2. The number of benzene rings is 2. The van der Waals surface area contributed by atoms with Crippen LogP contribution >= 0.6 is 0 Å². The molecule has 0 aliphatic heterocycles. The maximum atomic E-state index is 13.2. The largest absolute Gasteiger partial charge is 0.490 e. The lowest BCUT2D eigenvalue weighted by molar-refractivity contribution is -0.119.